The predicted molar refractivity (Wildman–Crippen MR) is 135 cm³/mol. The van der Waals surface area contributed by atoms with Crippen LogP contribution < -0.4 is 10.1 Å². The first kappa shape index (κ1) is 23.0. The van der Waals surface area contributed by atoms with Gasteiger partial charge in [-0.1, -0.05) is 80.5 Å². The fourth-order valence-corrected chi connectivity index (χ4v) is 5.42. The Balaban J connectivity index is 1.59. The number of ether oxygens (including phenoxy) is 1. The lowest BCUT2D eigenvalue weighted by atomic mass is 9.73. The van der Waals surface area contributed by atoms with Crippen LogP contribution in [0.25, 0.3) is 0 Å². The molecule has 0 bridgehead atoms. The summed E-state index contributed by atoms with van der Waals surface area (Å²) in [7, 11) is 0. The van der Waals surface area contributed by atoms with Gasteiger partial charge in [-0.15, -0.1) is 5.10 Å². The number of carbonyl (C=O) groups excluding carboxylic acids is 1. The standard InChI is InChI=1S/C26H27ClN4O2S/c1-4-34-25-29-24-28-19-13-26(2,3)14-20(32)22(19)23(31(24)30-25)17-10-6-8-12-21(17)33-15-16-9-5-7-11-18(16)27/h5-12,23H,4,13-15H2,1-3H3,(H,28,29,30). The number of allylic oxidation sites excluding steroid dienone is 2. The smallest absolute Gasteiger partial charge is 0.227 e. The van der Waals surface area contributed by atoms with Gasteiger partial charge in [0.1, 0.15) is 18.4 Å². The molecule has 2 heterocycles. The molecule has 1 unspecified atom stereocenters. The van der Waals surface area contributed by atoms with Gasteiger partial charge in [0.05, 0.1) is 0 Å². The van der Waals surface area contributed by atoms with E-state index in [9.17, 15) is 4.79 Å². The number of ketones is 1. The summed E-state index contributed by atoms with van der Waals surface area (Å²) in [6.45, 7) is 6.66. The minimum atomic E-state index is -0.406. The van der Waals surface area contributed by atoms with Gasteiger partial charge in [-0.2, -0.15) is 4.98 Å². The van der Waals surface area contributed by atoms with Gasteiger partial charge < -0.3 is 10.1 Å². The lowest BCUT2D eigenvalue weighted by Gasteiger charge is -2.38. The lowest BCUT2D eigenvalue weighted by Crippen LogP contribution is -2.36. The van der Waals surface area contributed by atoms with Gasteiger partial charge in [-0.25, -0.2) is 4.68 Å². The molecule has 1 aliphatic heterocycles. The number of halogens is 1. The predicted octanol–water partition coefficient (Wildman–Crippen LogP) is 6.28. The number of Topliss-reactive ketones (excluding diaryl/α,β-unsaturated/α-hetero) is 1. The van der Waals surface area contributed by atoms with Crippen LogP contribution in [-0.2, 0) is 11.4 Å². The van der Waals surface area contributed by atoms with E-state index in [-0.39, 0.29) is 11.2 Å². The molecule has 6 nitrogen and oxygen atoms in total. The molecule has 0 radical (unpaired) electrons. The molecule has 176 valence electrons. The molecule has 1 aromatic heterocycles. The molecule has 5 rings (SSSR count). The van der Waals surface area contributed by atoms with Crippen molar-refractivity contribution >= 4 is 35.1 Å². The Morgan fingerprint density at radius 2 is 1.94 bits per heavy atom. The average molecular weight is 495 g/mol. The minimum Gasteiger partial charge on any atom is -0.488 e. The second-order valence-corrected chi connectivity index (χ2v) is 11.0. The van der Waals surface area contributed by atoms with Crippen molar-refractivity contribution in [1.82, 2.24) is 14.8 Å². The Hall–Kier alpha value is -2.77. The molecule has 8 heteroatoms. The minimum absolute atomic E-state index is 0.114. The topological polar surface area (TPSA) is 69.0 Å². The average Bonchev–Trinajstić information content (AvgIpc) is 3.19. The zero-order valence-electron chi connectivity index (χ0n) is 19.5. The fourth-order valence-electron chi connectivity index (χ4n) is 4.68. The molecule has 2 aromatic carbocycles. The Kier molecular flexibility index (Phi) is 6.16. The van der Waals surface area contributed by atoms with Crippen molar-refractivity contribution in [3.05, 3.63) is 76.0 Å². The highest BCUT2D eigenvalue weighted by Crippen LogP contribution is 2.47. The first-order valence-electron chi connectivity index (χ1n) is 11.4. The second-order valence-electron chi connectivity index (χ2n) is 9.37. The fraction of sp³-hybridized carbons (Fsp3) is 0.346. The van der Waals surface area contributed by atoms with Crippen LogP contribution in [0, 0.1) is 5.41 Å². The van der Waals surface area contributed by atoms with Gasteiger partial charge >= 0.3 is 0 Å². The monoisotopic (exact) mass is 494 g/mol. The summed E-state index contributed by atoms with van der Waals surface area (Å²) in [6.07, 6.45) is 1.27. The molecule has 1 atom stereocenters. The largest absolute Gasteiger partial charge is 0.488 e. The normalized spacial score (nSPS) is 18.8. The summed E-state index contributed by atoms with van der Waals surface area (Å²) < 4.78 is 8.12. The van der Waals surface area contributed by atoms with Crippen LogP contribution >= 0.6 is 23.4 Å². The van der Waals surface area contributed by atoms with E-state index in [1.807, 2.05) is 53.2 Å². The van der Waals surface area contributed by atoms with Gasteiger partial charge in [0.2, 0.25) is 11.1 Å². The summed E-state index contributed by atoms with van der Waals surface area (Å²) in [5.74, 6) is 2.36. The number of hydrogen-bond donors (Lipinski definition) is 1. The molecule has 2 aliphatic rings. The number of rotatable bonds is 6. The van der Waals surface area contributed by atoms with Crippen LogP contribution in [0.1, 0.15) is 50.8 Å². The van der Waals surface area contributed by atoms with Crippen molar-refractivity contribution in [3.8, 4) is 5.75 Å². The number of aromatic nitrogens is 3. The van der Waals surface area contributed by atoms with Crippen molar-refractivity contribution in [3.63, 3.8) is 0 Å². The van der Waals surface area contributed by atoms with E-state index in [4.69, 9.17) is 26.4 Å². The molecular formula is C26H27ClN4O2S. The van der Waals surface area contributed by atoms with Crippen LogP contribution in [0.15, 0.2) is 65.0 Å². The maximum absolute atomic E-state index is 13.5. The third kappa shape index (κ3) is 4.34. The van der Waals surface area contributed by atoms with Crippen LogP contribution in [0.3, 0.4) is 0 Å². The zero-order chi connectivity index (χ0) is 23.9. The SMILES string of the molecule is CCSc1nc2n(n1)C(c1ccccc1OCc1ccccc1Cl)C1=C(CC(C)(C)CC1=O)N2. The van der Waals surface area contributed by atoms with Crippen molar-refractivity contribution < 1.29 is 9.53 Å². The third-order valence-electron chi connectivity index (χ3n) is 6.14. The number of para-hydroxylation sites is 1. The van der Waals surface area contributed by atoms with Gasteiger partial charge in [0.15, 0.2) is 5.78 Å². The molecule has 34 heavy (non-hydrogen) atoms. The summed E-state index contributed by atoms with van der Waals surface area (Å²) >= 11 is 7.93. The molecular weight excluding hydrogens is 468 g/mol. The van der Waals surface area contributed by atoms with E-state index in [1.165, 1.54) is 0 Å². The quantitative estimate of drug-likeness (QED) is 0.406. The highest BCUT2D eigenvalue weighted by Gasteiger charge is 2.42. The lowest BCUT2D eigenvalue weighted by molar-refractivity contribution is -0.118. The van der Waals surface area contributed by atoms with E-state index in [0.29, 0.717) is 34.9 Å². The van der Waals surface area contributed by atoms with Crippen LogP contribution in [-0.4, -0.2) is 26.3 Å². The number of hydrogen-bond acceptors (Lipinski definition) is 6. The van der Waals surface area contributed by atoms with Crippen LogP contribution in [0.4, 0.5) is 5.95 Å². The zero-order valence-corrected chi connectivity index (χ0v) is 21.0. The van der Waals surface area contributed by atoms with Crippen LogP contribution in [0.5, 0.6) is 5.75 Å². The maximum Gasteiger partial charge on any atom is 0.227 e. The number of nitrogens with zero attached hydrogens (tertiary/aromatic N) is 3. The molecule has 3 aromatic rings. The summed E-state index contributed by atoms with van der Waals surface area (Å²) in [5, 5.41) is 9.56. The Bertz CT molecular complexity index is 1280. The number of nitrogens with one attached hydrogen (secondary N) is 1. The second kappa shape index (κ2) is 9.12. The van der Waals surface area contributed by atoms with Crippen molar-refractivity contribution in [2.24, 2.45) is 5.41 Å². The van der Waals surface area contributed by atoms with Gasteiger partial charge in [-0.3, -0.25) is 4.79 Å². The van der Waals surface area contributed by atoms with Gasteiger partial charge in [-0.05, 0) is 29.7 Å². The molecule has 1 aliphatic carbocycles. The first-order chi connectivity index (χ1) is 16.4. The van der Waals surface area contributed by atoms with Gasteiger partial charge in [0, 0.05) is 33.8 Å². The molecule has 0 saturated heterocycles. The van der Waals surface area contributed by atoms with E-state index in [2.05, 4.69) is 26.1 Å². The van der Waals surface area contributed by atoms with Gasteiger partial charge in [0.25, 0.3) is 0 Å². The van der Waals surface area contributed by atoms with Crippen molar-refractivity contribution in [2.45, 2.75) is 51.4 Å². The number of benzene rings is 2. The Morgan fingerprint density at radius 1 is 1.18 bits per heavy atom. The maximum atomic E-state index is 13.5. The van der Waals surface area contributed by atoms with Crippen molar-refractivity contribution in [1.29, 1.82) is 0 Å². The van der Waals surface area contributed by atoms with Crippen LogP contribution in [0.2, 0.25) is 5.02 Å². The number of carbonyl (C=O) groups is 1. The number of anilines is 1. The molecule has 0 saturated carbocycles. The highest BCUT2D eigenvalue weighted by molar-refractivity contribution is 7.99. The number of fused-ring (bicyclic) bond motifs is 1. The highest BCUT2D eigenvalue weighted by atomic mass is 35.5. The Morgan fingerprint density at radius 3 is 2.74 bits per heavy atom. The molecule has 0 spiro atoms. The van der Waals surface area contributed by atoms with E-state index >= 15 is 0 Å². The van der Waals surface area contributed by atoms with E-state index in [1.54, 1.807) is 11.8 Å². The summed E-state index contributed by atoms with van der Waals surface area (Å²) in [4.78, 5) is 18.2. The van der Waals surface area contributed by atoms with E-state index < -0.39 is 6.04 Å². The summed E-state index contributed by atoms with van der Waals surface area (Å²) in [6, 6.07) is 15.1. The molecule has 0 amide bonds. The number of thioether (sulfide) groups is 1. The van der Waals surface area contributed by atoms with Crippen molar-refractivity contribution in [2.75, 3.05) is 11.1 Å². The third-order valence-corrected chi connectivity index (χ3v) is 7.23. The molecule has 0 fully saturated rings. The summed E-state index contributed by atoms with van der Waals surface area (Å²) in [5.41, 5.74) is 3.36. The molecule has 1 N–H and O–H groups in total. The Labute approximate surface area is 208 Å². The van der Waals surface area contributed by atoms with E-state index in [0.717, 1.165) is 34.6 Å². The first-order valence-corrected chi connectivity index (χ1v) is 12.8.